The lowest BCUT2D eigenvalue weighted by Gasteiger charge is -2.31. The van der Waals surface area contributed by atoms with Gasteiger partial charge in [0.05, 0.1) is 12.7 Å². The zero-order valence-electron chi connectivity index (χ0n) is 16.7. The topological polar surface area (TPSA) is 63.5 Å². The molecule has 2 aromatic rings. The molecule has 0 bridgehead atoms. The van der Waals surface area contributed by atoms with E-state index in [1.165, 1.54) is 25.3 Å². The number of rotatable bonds is 6. The van der Waals surface area contributed by atoms with E-state index >= 15 is 0 Å². The molecule has 2 fully saturated rings. The number of carbonyl (C=O) groups excluding carboxylic acids is 1. The third-order valence-electron chi connectivity index (χ3n) is 5.71. The fourth-order valence-corrected chi connectivity index (χ4v) is 3.99. The number of piperidine rings is 2. The van der Waals surface area contributed by atoms with Crippen LogP contribution in [0.3, 0.4) is 0 Å². The van der Waals surface area contributed by atoms with Crippen molar-refractivity contribution in [2.75, 3.05) is 32.7 Å². The van der Waals surface area contributed by atoms with E-state index in [9.17, 15) is 9.18 Å². The second-order valence-electron chi connectivity index (χ2n) is 7.81. The van der Waals surface area contributed by atoms with E-state index in [-0.39, 0.29) is 23.6 Å². The van der Waals surface area contributed by atoms with Crippen LogP contribution in [0.15, 0.2) is 30.5 Å². The standard InChI is InChI=1S/C21H28FN5O2/c22-18-6-2-3-7-20(18)29-17-8-12-26(13-9-17)21(28)19-16-27(24-23-19)15-14-25-10-4-1-5-11-25/h2-3,6-7,16-17H,1,4-5,8-15H2. The van der Waals surface area contributed by atoms with Gasteiger partial charge in [-0.15, -0.1) is 5.10 Å². The molecule has 29 heavy (non-hydrogen) atoms. The molecule has 0 spiro atoms. The lowest BCUT2D eigenvalue weighted by Crippen LogP contribution is -2.42. The molecule has 3 heterocycles. The molecule has 0 radical (unpaired) electrons. The van der Waals surface area contributed by atoms with Gasteiger partial charge in [-0.25, -0.2) is 4.39 Å². The number of halogens is 1. The number of para-hydroxylation sites is 1. The van der Waals surface area contributed by atoms with Crippen molar-refractivity contribution in [3.05, 3.63) is 42.0 Å². The lowest BCUT2D eigenvalue weighted by molar-refractivity contribution is 0.0583. The van der Waals surface area contributed by atoms with Gasteiger partial charge in [0, 0.05) is 32.5 Å². The van der Waals surface area contributed by atoms with Gasteiger partial charge in [0.1, 0.15) is 6.10 Å². The highest BCUT2D eigenvalue weighted by Crippen LogP contribution is 2.22. The van der Waals surface area contributed by atoms with Crippen molar-refractivity contribution in [3.63, 3.8) is 0 Å². The number of hydrogen-bond acceptors (Lipinski definition) is 5. The second-order valence-corrected chi connectivity index (χ2v) is 7.81. The molecule has 0 saturated carbocycles. The highest BCUT2D eigenvalue weighted by atomic mass is 19.1. The molecule has 2 saturated heterocycles. The number of nitrogens with zero attached hydrogens (tertiary/aromatic N) is 5. The molecule has 2 aliphatic heterocycles. The van der Waals surface area contributed by atoms with Crippen LogP contribution in [0.5, 0.6) is 5.75 Å². The molecule has 7 nitrogen and oxygen atoms in total. The van der Waals surface area contributed by atoms with E-state index in [1.807, 2.05) is 0 Å². The first-order valence-corrected chi connectivity index (χ1v) is 10.5. The summed E-state index contributed by atoms with van der Waals surface area (Å²) in [5.41, 5.74) is 0.386. The van der Waals surface area contributed by atoms with Crippen molar-refractivity contribution in [1.29, 1.82) is 0 Å². The van der Waals surface area contributed by atoms with Crippen LogP contribution in [-0.2, 0) is 6.54 Å². The predicted molar refractivity (Wildman–Crippen MR) is 106 cm³/mol. The molecular formula is C21H28FN5O2. The van der Waals surface area contributed by atoms with Crippen LogP contribution in [0.1, 0.15) is 42.6 Å². The largest absolute Gasteiger partial charge is 0.487 e. The number of ether oxygens (including phenoxy) is 1. The Hall–Kier alpha value is -2.48. The smallest absolute Gasteiger partial charge is 0.276 e. The fraction of sp³-hybridized carbons (Fsp3) is 0.571. The molecule has 0 aliphatic carbocycles. The Morgan fingerprint density at radius 2 is 1.83 bits per heavy atom. The SMILES string of the molecule is O=C(c1cn(CCN2CCCCC2)nn1)N1CCC(Oc2ccccc2F)CC1. The number of carbonyl (C=O) groups is 1. The monoisotopic (exact) mass is 401 g/mol. The van der Waals surface area contributed by atoms with Crippen molar-refractivity contribution >= 4 is 5.91 Å². The normalized spacial score (nSPS) is 18.7. The van der Waals surface area contributed by atoms with Crippen molar-refractivity contribution < 1.29 is 13.9 Å². The molecule has 8 heteroatoms. The Morgan fingerprint density at radius 3 is 2.59 bits per heavy atom. The predicted octanol–water partition coefficient (Wildman–Crippen LogP) is 2.59. The number of amides is 1. The van der Waals surface area contributed by atoms with E-state index in [0.717, 1.165) is 26.2 Å². The maximum absolute atomic E-state index is 13.7. The zero-order chi connectivity index (χ0) is 20.1. The summed E-state index contributed by atoms with van der Waals surface area (Å²) in [7, 11) is 0. The van der Waals surface area contributed by atoms with Crippen LogP contribution in [0.25, 0.3) is 0 Å². The molecule has 0 N–H and O–H groups in total. The minimum atomic E-state index is -0.354. The highest BCUT2D eigenvalue weighted by Gasteiger charge is 2.26. The number of benzene rings is 1. The first-order valence-electron chi connectivity index (χ1n) is 10.5. The minimum Gasteiger partial charge on any atom is -0.487 e. The summed E-state index contributed by atoms with van der Waals surface area (Å²) in [6, 6.07) is 6.42. The Labute approximate surface area is 170 Å². The summed E-state index contributed by atoms with van der Waals surface area (Å²) in [6.07, 6.45) is 6.84. The number of aromatic nitrogens is 3. The molecule has 156 valence electrons. The van der Waals surface area contributed by atoms with Crippen LogP contribution in [0, 0.1) is 5.82 Å². The zero-order valence-corrected chi connectivity index (χ0v) is 16.7. The number of likely N-dealkylation sites (tertiary alicyclic amines) is 2. The third-order valence-corrected chi connectivity index (χ3v) is 5.71. The first-order chi connectivity index (χ1) is 14.2. The van der Waals surface area contributed by atoms with Gasteiger partial charge in [-0.05, 0) is 38.1 Å². The summed E-state index contributed by atoms with van der Waals surface area (Å²) in [4.78, 5) is 17.0. The summed E-state index contributed by atoms with van der Waals surface area (Å²) in [6.45, 7) is 5.11. The molecule has 2 aliphatic rings. The Morgan fingerprint density at radius 1 is 1.07 bits per heavy atom. The molecule has 4 rings (SSSR count). The van der Waals surface area contributed by atoms with Gasteiger partial charge < -0.3 is 14.5 Å². The van der Waals surface area contributed by atoms with Crippen LogP contribution in [-0.4, -0.2) is 69.5 Å². The average molecular weight is 401 g/mol. The van der Waals surface area contributed by atoms with Crippen molar-refractivity contribution in [2.24, 2.45) is 0 Å². The van der Waals surface area contributed by atoms with Gasteiger partial charge in [0.25, 0.3) is 5.91 Å². The van der Waals surface area contributed by atoms with E-state index in [2.05, 4.69) is 15.2 Å². The van der Waals surface area contributed by atoms with E-state index in [4.69, 9.17) is 4.74 Å². The summed E-state index contributed by atoms with van der Waals surface area (Å²) in [5, 5.41) is 8.20. The Bertz CT molecular complexity index is 813. The Balaban J connectivity index is 1.25. The van der Waals surface area contributed by atoms with Gasteiger partial charge in [-0.1, -0.05) is 23.8 Å². The summed E-state index contributed by atoms with van der Waals surface area (Å²) in [5.74, 6) is -0.181. The van der Waals surface area contributed by atoms with Crippen molar-refractivity contribution in [2.45, 2.75) is 44.8 Å². The van der Waals surface area contributed by atoms with Gasteiger partial charge in [-0.2, -0.15) is 0 Å². The van der Waals surface area contributed by atoms with E-state index in [0.29, 0.717) is 31.6 Å². The molecular weight excluding hydrogens is 373 g/mol. The third kappa shape index (κ3) is 5.12. The Kier molecular flexibility index (Phi) is 6.39. The van der Waals surface area contributed by atoms with Gasteiger partial charge in [0.2, 0.25) is 0 Å². The van der Waals surface area contributed by atoms with Crippen LogP contribution < -0.4 is 4.74 Å². The van der Waals surface area contributed by atoms with Crippen LogP contribution in [0.4, 0.5) is 4.39 Å². The van der Waals surface area contributed by atoms with Gasteiger partial charge >= 0.3 is 0 Å². The maximum atomic E-state index is 13.7. The summed E-state index contributed by atoms with van der Waals surface area (Å²) >= 11 is 0. The van der Waals surface area contributed by atoms with Crippen molar-refractivity contribution in [1.82, 2.24) is 24.8 Å². The average Bonchev–Trinajstić information content (AvgIpc) is 3.24. The van der Waals surface area contributed by atoms with Crippen LogP contribution >= 0.6 is 0 Å². The molecule has 0 atom stereocenters. The van der Waals surface area contributed by atoms with E-state index < -0.39 is 0 Å². The molecule has 1 amide bonds. The first kappa shape index (κ1) is 19.8. The second kappa shape index (κ2) is 9.35. The molecule has 0 unspecified atom stereocenters. The summed E-state index contributed by atoms with van der Waals surface area (Å²) < 4.78 is 21.3. The van der Waals surface area contributed by atoms with Gasteiger partial charge in [0.15, 0.2) is 17.3 Å². The minimum absolute atomic E-state index is 0.0869. The molecule has 1 aromatic carbocycles. The molecule has 1 aromatic heterocycles. The quantitative estimate of drug-likeness (QED) is 0.745. The van der Waals surface area contributed by atoms with Crippen molar-refractivity contribution in [3.8, 4) is 5.75 Å². The highest BCUT2D eigenvalue weighted by molar-refractivity contribution is 5.92. The van der Waals surface area contributed by atoms with Gasteiger partial charge in [-0.3, -0.25) is 9.48 Å². The lowest BCUT2D eigenvalue weighted by atomic mass is 10.1. The maximum Gasteiger partial charge on any atom is 0.276 e. The van der Waals surface area contributed by atoms with E-state index in [1.54, 1.807) is 34.0 Å². The van der Waals surface area contributed by atoms with Crippen LogP contribution in [0.2, 0.25) is 0 Å². The number of hydrogen-bond donors (Lipinski definition) is 0. The fourth-order valence-electron chi connectivity index (χ4n) is 3.99.